The smallest absolute Gasteiger partial charge is 0.134 e. The van der Waals surface area contributed by atoms with E-state index in [2.05, 4.69) is 18.3 Å². The van der Waals surface area contributed by atoms with Gasteiger partial charge in [-0.15, -0.1) is 0 Å². The minimum atomic E-state index is -0.234. The van der Waals surface area contributed by atoms with Crippen LogP contribution < -0.4 is 5.32 Å². The molecule has 0 aliphatic carbocycles. The topological polar surface area (TPSA) is 25.2 Å². The lowest BCUT2D eigenvalue weighted by Crippen LogP contribution is -2.01. The highest BCUT2D eigenvalue weighted by Gasteiger charge is 2.11. The maximum Gasteiger partial charge on any atom is 0.134 e. The SMILES string of the molecule is CCc1oc2ccccc2c1CNc1cccc(F)c1. The standard InChI is InChI=1S/C17H16FNO/c1-2-16-15(14-8-3-4-9-17(14)20-16)11-19-13-7-5-6-12(18)10-13/h3-10,19H,2,11H2,1H3. The van der Waals surface area contributed by atoms with Crippen LogP contribution in [0.1, 0.15) is 18.2 Å². The van der Waals surface area contributed by atoms with Gasteiger partial charge in [-0.2, -0.15) is 0 Å². The lowest BCUT2D eigenvalue weighted by Gasteiger charge is -2.06. The maximum absolute atomic E-state index is 13.2. The third kappa shape index (κ3) is 2.39. The van der Waals surface area contributed by atoms with Crippen molar-refractivity contribution in [3.63, 3.8) is 0 Å². The Bertz CT molecular complexity index is 733. The van der Waals surface area contributed by atoms with Crippen LogP contribution >= 0.6 is 0 Å². The molecule has 3 rings (SSSR count). The molecule has 0 radical (unpaired) electrons. The van der Waals surface area contributed by atoms with E-state index in [1.54, 1.807) is 6.07 Å². The normalized spacial score (nSPS) is 10.9. The van der Waals surface area contributed by atoms with Gasteiger partial charge >= 0.3 is 0 Å². The number of fused-ring (bicyclic) bond motifs is 1. The third-order valence-corrected chi connectivity index (χ3v) is 3.40. The molecule has 0 spiro atoms. The summed E-state index contributed by atoms with van der Waals surface area (Å²) in [6.07, 6.45) is 0.842. The average molecular weight is 269 g/mol. The number of halogens is 1. The van der Waals surface area contributed by atoms with E-state index in [4.69, 9.17) is 4.42 Å². The van der Waals surface area contributed by atoms with Crippen molar-refractivity contribution in [2.45, 2.75) is 19.9 Å². The van der Waals surface area contributed by atoms with Crippen LogP contribution in [0.3, 0.4) is 0 Å². The molecule has 3 aromatic rings. The fourth-order valence-electron chi connectivity index (χ4n) is 2.42. The highest BCUT2D eigenvalue weighted by molar-refractivity contribution is 5.82. The fraction of sp³-hybridized carbons (Fsp3) is 0.176. The van der Waals surface area contributed by atoms with Crippen molar-refractivity contribution in [3.05, 3.63) is 65.7 Å². The highest BCUT2D eigenvalue weighted by atomic mass is 19.1. The van der Waals surface area contributed by atoms with Gasteiger partial charge < -0.3 is 9.73 Å². The molecule has 0 amide bonds. The minimum absolute atomic E-state index is 0.234. The molecule has 2 aromatic carbocycles. The molecule has 2 nitrogen and oxygen atoms in total. The summed E-state index contributed by atoms with van der Waals surface area (Å²) < 4.78 is 19.0. The minimum Gasteiger partial charge on any atom is -0.461 e. The van der Waals surface area contributed by atoms with E-state index in [-0.39, 0.29) is 5.82 Å². The Morgan fingerprint density at radius 3 is 2.75 bits per heavy atom. The predicted molar refractivity (Wildman–Crippen MR) is 79.3 cm³/mol. The Balaban J connectivity index is 1.90. The number of nitrogens with one attached hydrogen (secondary N) is 1. The molecule has 0 fully saturated rings. The molecule has 0 aliphatic heterocycles. The van der Waals surface area contributed by atoms with Gasteiger partial charge in [0.15, 0.2) is 0 Å². The van der Waals surface area contributed by atoms with Crippen LogP contribution in [-0.2, 0) is 13.0 Å². The number of furan rings is 1. The zero-order valence-corrected chi connectivity index (χ0v) is 11.3. The van der Waals surface area contributed by atoms with Crippen LogP contribution in [0.5, 0.6) is 0 Å². The Kier molecular flexibility index (Phi) is 3.42. The second-order valence-corrected chi connectivity index (χ2v) is 4.72. The largest absolute Gasteiger partial charge is 0.461 e. The van der Waals surface area contributed by atoms with E-state index in [0.717, 1.165) is 34.4 Å². The van der Waals surface area contributed by atoms with Crippen molar-refractivity contribution in [3.8, 4) is 0 Å². The number of benzene rings is 2. The predicted octanol–water partition coefficient (Wildman–Crippen LogP) is 4.75. The lowest BCUT2D eigenvalue weighted by atomic mass is 10.1. The Morgan fingerprint density at radius 2 is 1.95 bits per heavy atom. The number of rotatable bonds is 4. The first-order chi connectivity index (χ1) is 9.78. The molecule has 1 N–H and O–H groups in total. The van der Waals surface area contributed by atoms with E-state index < -0.39 is 0 Å². The number of hydrogen-bond donors (Lipinski definition) is 1. The van der Waals surface area contributed by atoms with Gasteiger partial charge in [0.25, 0.3) is 0 Å². The first-order valence-electron chi connectivity index (χ1n) is 6.76. The van der Waals surface area contributed by atoms with Crippen molar-refractivity contribution in [1.29, 1.82) is 0 Å². The maximum atomic E-state index is 13.2. The average Bonchev–Trinajstić information content (AvgIpc) is 2.83. The zero-order chi connectivity index (χ0) is 13.9. The van der Waals surface area contributed by atoms with Crippen LogP contribution in [0.15, 0.2) is 52.9 Å². The fourth-order valence-corrected chi connectivity index (χ4v) is 2.42. The summed E-state index contributed by atoms with van der Waals surface area (Å²) in [7, 11) is 0. The van der Waals surface area contributed by atoms with Gasteiger partial charge in [0.05, 0.1) is 0 Å². The van der Waals surface area contributed by atoms with Crippen LogP contribution in [-0.4, -0.2) is 0 Å². The van der Waals surface area contributed by atoms with Crippen molar-refractivity contribution in [2.75, 3.05) is 5.32 Å². The Hall–Kier alpha value is -2.29. The molecule has 3 heteroatoms. The van der Waals surface area contributed by atoms with Crippen molar-refractivity contribution >= 4 is 16.7 Å². The van der Waals surface area contributed by atoms with Crippen LogP contribution in [0.2, 0.25) is 0 Å². The summed E-state index contributed by atoms with van der Waals surface area (Å²) in [6.45, 7) is 2.70. The Morgan fingerprint density at radius 1 is 1.10 bits per heavy atom. The van der Waals surface area contributed by atoms with Gasteiger partial charge in [-0.3, -0.25) is 0 Å². The van der Waals surface area contributed by atoms with Gasteiger partial charge in [0, 0.05) is 29.6 Å². The molecule has 20 heavy (non-hydrogen) atoms. The molecular formula is C17H16FNO. The molecule has 0 atom stereocenters. The van der Waals surface area contributed by atoms with E-state index in [9.17, 15) is 4.39 Å². The summed E-state index contributed by atoms with van der Waals surface area (Å²) in [5.41, 5.74) is 2.82. The lowest BCUT2D eigenvalue weighted by molar-refractivity contribution is 0.551. The van der Waals surface area contributed by atoms with E-state index >= 15 is 0 Å². The molecular weight excluding hydrogens is 253 g/mol. The van der Waals surface area contributed by atoms with Crippen molar-refractivity contribution in [1.82, 2.24) is 0 Å². The second kappa shape index (κ2) is 5.37. The summed E-state index contributed by atoms with van der Waals surface area (Å²) in [5, 5.41) is 4.37. The van der Waals surface area contributed by atoms with Crippen molar-refractivity contribution < 1.29 is 8.81 Å². The number of para-hydroxylation sites is 1. The molecule has 0 aliphatic rings. The zero-order valence-electron chi connectivity index (χ0n) is 11.3. The number of anilines is 1. The van der Waals surface area contributed by atoms with Gasteiger partial charge in [-0.25, -0.2) is 4.39 Å². The quantitative estimate of drug-likeness (QED) is 0.739. The van der Waals surface area contributed by atoms with Crippen LogP contribution in [0, 0.1) is 5.82 Å². The monoisotopic (exact) mass is 269 g/mol. The van der Waals surface area contributed by atoms with Gasteiger partial charge in [0.2, 0.25) is 0 Å². The number of aryl methyl sites for hydroxylation is 1. The summed E-state index contributed by atoms with van der Waals surface area (Å²) in [5.74, 6) is 0.748. The van der Waals surface area contributed by atoms with Gasteiger partial charge in [0.1, 0.15) is 17.2 Å². The number of hydrogen-bond acceptors (Lipinski definition) is 2. The highest BCUT2D eigenvalue weighted by Crippen LogP contribution is 2.27. The van der Waals surface area contributed by atoms with Gasteiger partial charge in [-0.1, -0.05) is 31.2 Å². The molecule has 0 saturated carbocycles. The van der Waals surface area contributed by atoms with E-state index in [0.29, 0.717) is 6.54 Å². The molecule has 102 valence electrons. The first kappa shape index (κ1) is 12.7. The molecule has 1 aromatic heterocycles. The van der Waals surface area contributed by atoms with Crippen LogP contribution in [0.25, 0.3) is 11.0 Å². The molecule has 1 heterocycles. The summed E-state index contributed by atoms with van der Waals surface area (Å²) in [4.78, 5) is 0. The summed E-state index contributed by atoms with van der Waals surface area (Å²) >= 11 is 0. The summed E-state index contributed by atoms with van der Waals surface area (Å²) in [6, 6.07) is 14.5. The van der Waals surface area contributed by atoms with Crippen molar-refractivity contribution in [2.24, 2.45) is 0 Å². The Labute approximate surface area is 117 Å². The second-order valence-electron chi connectivity index (χ2n) is 4.72. The van der Waals surface area contributed by atoms with E-state index in [1.165, 1.54) is 12.1 Å². The molecule has 0 bridgehead atoms. The van der Waals surface area contributed by atoms with Crippen LogP contribution in [0.4, 0.5) is 10.1 Å². The third-order valence-electron chi connectivity index (χ3n) is 3.40. The first-order valence-corrected chi connectivity index (χ1v) is 6.76. The molecule has 0 unspecified atom stereocenters. The molecule has 0 saturated heterocycles. The van der Waals surface area contributed by atoms with Gasteiger partial charge in [-0.05, 0) is 24.3 Å². The van der Waals surface area contributed by atoms with E-state index in [1.807, 2.05) is 24.3 Å².